The summed E-state index contributed by atoms with van der Waals surface area (Å²) in [5.74, 6) is 1.01. The van der Waals surface area contributed by atoms with Crippen LogP contribution < -0.4 is 10.1 Å². The van der Waals surface area contributed by atoms with Crippen LogP contribution in [0, 0.1) is 0 Å². The monoisotopic (exact) mass is 287 g/mol. The lowest BCUT2D eigenvalue weighted by Gasteiger charge is -2.27. The molecule has 1 aromatic heterocycles. The van der Waals surface area contributed by atoms with Gasteiger partial charge < -0.3 is 10.1 Å². The van der Waals surface area contributed by atoms with E-state index in [4.69, 9.17) is 4.74 Å². The van der Waals surface area contributed by atoms with Crippen LogP contribution in [0.3, 0.4) is 0 Å². The zero-order chi connectivity index (χ0) is 14.2. The molecule has 1 aromatic carbocycles. The predicted octanol–water partition coefficient (Wildman–Crippen LogP) is 4.31. The third-order valence-electron chi connectivity index (χ3n) is 3.84. The summed E-state index contributed by atoms with van der Waals surface area (Å²) in [6.07, 6.45) is 1.12. The van der Waals surface area contributed by atoms with Crippen molar-refractivity contribution in [2.45, 2.75) is 45.4 Å². The average Bonchev–Trinajstić information content (AvgIpc) is 2.97. The largest absolute Gasteiger partial charge is 0.486 e. The van der Waals surface area contributed by atoms with Gasteiger partial charge in [0.2, 0.25) is 0 Å². The highest BCUT2D eigenvalue weighted by Crippen LogP contribution is 2.42. The van der Waals surface area contributed by atoms with E-state index in [0.29, 0.717) is 0 Å². The van der Waals surface area contributed by atoms with E-state index in [0.717, 1.165) is 18.7 Å². The molecule has 0 radical (unpaired) electrons. The smallest absolute Gasteiger partial charge is 0.125 e. The number of thiophene rings is 1. The number of hydrogen-bond acceptors (Lipinski definition) is 3. The van der Waals surface area contributed by atoms with Crippen molar-refractivity contribution in [3.05, 3.63) is 51.7 Å². The molecule has 1 N–H and O–H groups in total. The first-order valence-electron chi connectivity index (χ1n) is 7.19. The Labute approximate surface area is 124 Å². The van der Waals surface area contributed by atoms with E-state index in [2.05, 4.69) is 56.4 Å². The molecule has 1 aliphatic rings. The molecule has 0 amide bonds. The topological polar surface area (TPSA) is 21.3 Å². The molecule has 20 heavy (non-hydrogen) atoms. The molecule has 0 spiro atoms. The van der Waals surface area contributed by atoms with Gasteiger partial charge in [0.1, 0.15) is 11.4 Å². The number of fused-ring (bicyclic) bond motifs is 1. The second-order valence-electron chi connectivity index (χ2n) is 5.78. The highest BCUT2D eigenvalue weighted by atomic mass is 32.1. The predicted molar refractivity (Wildman–Crippen MR) is 84.4 cm³/mol. The van der Waals surface area contributed by atoms with E-state index in [1.54, 1.807) is 0 Å². The van der Waals surface area contributed by atoms with Crippen LogP contribution in [-0.2, 0) is 13.0 Å². The van der Waals surface area contributed by atoms with Crippen molar-refractivity contribution in [1.82, 2.24) is 5.32 Å². The lowest BCUT2D eigenvalue weighted by molar-refractivity contribution is 0.0959. The number of hydrogen-bond donors (Lipinski definition) is 1. The van der Waals surface area contributed by atoms with Crippen LogP contribution in [0.15, 0.2) is 36.4 Å². The summed E-state index contributed by atoms with van der Waals surface area (Å²) in [4.78, 5) is 2.84. The van der Waals surface area contributed by atoms with E-state index in [1.807, 2.05) is 17.4 Å². The van der Waals surface area contributed by atoms with Gasteiger partial charge in [0.15, 0.2) is 0 Å². The van der Waals surface area contributed by atoms with Gasteiger partial charge in [0, 0.05) is 21.9 Å². The molecule has 2 aromatic rings. The van der Waals surface area contributed by atoms with Crippen LogP contribution in [0.25, 0.3) is 0 Å². The minimum atomic E-state index is -0.200. The Hall–Kier alpha value is -1.32. The van der Waals surface area contributed by atoms with Crippen LogP contribution in [-0.4, -0.2) is 5.60 Å². The summed E-state index contributed by atoms with van der Waals surface area (Å²) >= 11 is 1.89. The van der Waals surface area contributed by atoms with Gasteiger partial charge in [-0.1, -0.05) is 25.1 Å². The fraction of sp³-hybridized carbons (Fsp3) is 0.412. The van der Waals surface area contributed by atoms with Crippen molar-refractivity contribution >= 4 is 11.3 Å². The highest BCUT2D eigenvalue weighted by molar-refractivity contribution is 7.11. The van der Waals surface area contributed by atoms with E-state index >= 15 is 0 Å². The summed E-state index contributed by atoms with van der Waals surface area (Å²) in [7, 11) is 0. The van der Waals surface area contributed by atoms with Crippen molar-refractivity contribution in [3.63, 3.8) is 0 Å². The van der Waals surface area contributed by atoms with E-state index < -0.39 is 0 Å². The van der Waals surface area contributed by atoms with Crippen molar-refractivity contribution in [3.8, 4) is 5.75 Å². The second kappa shape index (κ2) is 5.23. The zero-order valence-corrected chi connectivity index (χ0v) is 13.1. The molecule has 1 aliphatic heterocycles. The summed E-state index contributed by atoms with van der Waals surface area (Å²) in [6, 6.07) is 13.0. The molecule has 3 heteroatoms. The summed E-state index contributed by atoms with van der Waals surface area (Å²) < 4.78 is 6.06. The molecule has 1 unspecified atom stereocenters. The number of para-hydroxylation sites is 1. The van der Waals surface area contributed by atoms with E-state index in [1.165, 1.54) is 15.3 Å². The third-order valence-corrected chi connectivity index (χ3v) is 5.07. The summed E-state index contributed by atoms with van der Waals surface area (Å²) in [5.41, 5.74) is 1.07. The van der Waals surface area contributed by atoms with Gasteiger partial charge >= 0.3 is 0 Å². The number of aryl methyl sites for hydroxylation is 1. The Kier molecular flexibility index (Phi) is 3.57. The first kappa shape index (κ1) is 13.7. The first-order valence-corrected chi connectivity index (χ1v) is 8.00. The number of nitrogens with one attached hydrogen (secondary N) is 1. The maximum absolute atomic E-state index is 6.06. The van der Waals surface area contributed by atoms with Gasteiger partial charge in [-0.25, -0.2) is 0 Å². The second-order valence-corrected chi connectivity index (χ2v) is 7.03. The molecule has 0 saturated carbocycles. The van der Waals surface area contributed by atoms with Gasteiger partial charge in [0.25, 0.3) is 0 Å². The zero-order valence-electron chi connectivity index (χ0n) is 12.3. The quantitative estimate of drug-likeness (QED) is 0.904. The van der Waals surface area contributed by atoms with E-state index in [-0.39, 0.29) is 11.6 Å². The number of rotatable bonds is 4. The third kappa shape index (κ3) is 2.48. The first-order chi connectivity index (χ1) is 9.60. The molecular weight excluding hydrogens is 266 g/mol. The Morgan fingerprint density at radius 1 is 1.15 bits per heavy atom. The fourth-order valence-corrected chi connectivity index (χ4v) is 3.70. The van der Waals surface area contributed by atoms with Gasteiger partial charge in [-0.05, 0) is 38.5 Å². The van der Waals surface area contributed by atoms with Crippen LogP contribution >= 0.6 is 11.3 Å². The minimum Gasteiger partial charge on any atom is -0.486 e. The Morgan fingerprint density at radius 3 is 2.65 bits per heavy atom. The van der Waals surface area contributed by atoms with Crippen LogP contribution in [0.2, 0.25) is 0 Å². The average molecular weight is 287 g/mol. The van der Waals surface area contributed by atoms with Crippen molar-refractivity contribution < 1.29 is 4.74 Å². The molecule has 0 bridgehead atoms. The summed E-state index contributed by atoms with van der Waals surface area (Å²) in [6.45, 7) is 7.40. The highest BCUT2D eigenvalue weighted by Gasteiger charge is 2.40. The van der Waals surface area contributed by atoms with Crippen molar-refractivity contribution in [2.24, 2.45) is 0 Å². The van der Waals surface area contributed by atoms with Gasteiger partial charge in [-0.3, -0.25) is 0 Å². The van der Waals surface area contributed by atoms with Crippen molar-refractivity contribution in [2.75, 3.05) is 0 Å². The minimum absolute atomic E-state index is 0.200. The molecular formula is C17H21NOS. The Morgan fingerprint density at radius 2 is 1.90 bits per heavy atom. The maximum Gasteiger partial charge on any atom is 0.125 e. The lowest BCUT2D eigenvalue weighted by Crippen LogP contribution is -2.38. The molecule has 0 aliphatic carbocycles. The molecule has 3 rings (SSSR count). The standard InChI is InChI=1S/C17H21NOS/c1-4-12-9-10-13(20-12)11-18-16-14-7-5-6-8-15(14)19-17(16,2)3/h5-10,16,18H,4,11H2,1-3H3. The normalized spacial score (nSPS) is 19.6. The molecule has 2 nitrogen and oxygen atoms in total. The fourth-order valence-electron chi connectivity index (χ4n) is 2.79. The lowest BCUT2D eigenvalue weighted by atomic mass is 9.94. The SMILES string of the molecule is CCc1ccc(CNC2c3ccccc3OC2(C)C)s1. The Balaban J connectivity index is 1.76. The van der Waals surface area contributed by atoms with Gasteiger partial charge in [-0.2, -0.15) is 0 Å². The van der Waals surface area contributed by atoms with Crippen LogP contribution in [0.4, 0.5) is 0 Å². The maximum atomic E-state index is 6.06. The molecule has 1 atom stereocenters. The molecule has 2 heterocycles. The number of benzene rings is 1. The summed E-state index contributed by atoms with van der Waals surface area (Å²) in [5, 5.41) is 3.67. The van der Waals surface area contributed by atoms with Gasteiger partial charge in [0.05, 0.1) is 6.04 Å². The van der Waals surface area contributed by atoms with Crippen LogP contribution in [0.5, 0.6) is 5.75 Å². The van der Waals surface area contributed by atoms with Crippen molar-refractivity contribution in [1.29, 1.82) is 0 Å². The number of ether oxygens (including phenoxy) is 1. The van der Waals surface area contributed by atoms with Gasteiger partial charge in [-0.15, -0.1) is 11.3 Å². The molecule has 0 saturated heterocycles. The Bertz CT molecular complexity index is 603. The molecule has 0 fully saturated rings. The van der Waals surface area contributed by atoms with Crippen LogP contribution in [0.1, 0.15) is 42.1 Å². The van der Waals surface area contributed by atoms with E-state index in [9.17, 15) is 0 Å². The molecule has 106 valence electrons.